The fourth-order valence-electron chi connectivity index (χ4n) is 1.88. The number of unbranched alkanes of at least 4 members (excludes halogenated alkanes) is 1. The van der Waals surface area contributed by atoms with Gasteiger partial charge in [0, 0.05) is 17.8 Å². The Bertz CT molecular complexity index is 275. The summed E-state index contributed by atoms with van der Waals surface area (Å²) in [7, 11) is 0. The largest absolute Gasteiger partial charge is 0.357 e. The summed E-state index contributed by atoms with van der Waals surface area (Å²) in [5.74, 6) is 0.947. The molecule has 4 nitrogen and oxygen atoms in total. The Morgan fingerprint density at radius 3 is 2.29 bits per heavy atom. The van der Waals surface area contributed by atoms with E-state index in [4.69, 9.17) is 0 Å². The van der Waals surface area contributed by atoms with Gasteiger partial charge in [-0.25, -0.2) is 0 Å². The Labute approximate surface area is 136 Å². The first-order valence-corrected chi connectivity index (χ1v) is 9.51. The molecule has 126 valence electrons. The Morgan fingerprint density at radius 2 is 1.76 bits per heavy atom. The van der Waals surface area contributed by atoms with Gasteiger partial charge in [-0.1, -0.05) is 13.8 Å². The quantitative estimate of drug-likeness (QED) is 0.349. The monoisotopic (exact) mass is 316 g/mol. The van der Waals surface area contributed by atoms with Crippen molar-refractivity contribution in [2.24, 2.45) is 4.99 Å². The van der Waals surface area contributed by atoms with E-state index in [-0.39, 0.29) is 4.75 Å². The number of nitrogens with one attached hydrogen (secondary N) is 2. The van der Waals surface area contributed by atoms with E-state index in [1.54, 1.807) is 0 Å². The maximum Gasteiger partial charge on any atom is 0.191 e. The average molecular weight is 317 g/mol. The maximum absolute atomic E-state index is 4.68. The standard InChI is InChI=1S/C16H36N4S/c1-7-17-15(19-14-16(4,5)21-6)18-12-10-11-13-20(8-2)9-3/h7-14H2,1-6H3,(H2,17,18,19). The average Bonchev–Trinajstić information content (AvgIpc) is 2.48. The molecule has 0 saturated heterocycles. The van der Waals surface area contributed by atoms with E-state index in [1.807, 2.05) is 11.8 Å². The van der Waals surface area contributed by atoms with Gasteiger partial charge >= 0.3 is 0 Å². The molecule has 0 aromatic heterocycles. The van der Waals surface area contributed by atoms with Gasteiger partial charge in [-0.3, -0.25) is 4.99 Å². The minimum atomic E-state index is 0.200. The summed E-state index contributed by atoms with van der Waals surface area (Å²) in [6.45, 7) is 17.3. The molecule has 0 rings (SSSR count). The van der Waals surface area contributed by atoms with Gasteiger partial charge in [0.2, 0.25) is 0 Å². The summed E-state index contributed by atoms with van der Waals surface area (Å²) in [5.41, 5.74) is 0. The van der Waals surface area contributed by atoms with Crippen LogP contribution in [-0.4, -0.2) is 61.1 Å². The van der Waals surface area contributed by atoms with Gasteiger partial charge < -0.3 is 15.5 Å². The van der Waals surface area contributed by atoms with Crippen molar-refractivity contribution in [3.8, 4) is 0 Å². The van der Waals surface area contributed by atoms with Gasteiger partial charge in [0.15, 0.2) is 5.96 Å². The molecule has 0 aliphatic rings. The van der Waals surface area contributed by atoms with Crippen molar-refractivity contribution < 1.29 is 0 Å². The Kier molecular flexibility index (Phi) is 11.9. The zero-order valence-corrected chi connectivity index (χ0v) is 15.8. The Balaban J connectivity index is 4.02. The second-order valence-corrected chi connectivity index (χ2v) is 7.33. The van der Waals surface area contributed by atoms with Crippen molar-refractivity contribution in [2.75, 3.05) is 45.5 Å². The molecular formula is C16H36N4S. The highest BCUT2D eigenvalue weighted by Gasteiger charge is 2.15. The molecule has 0 bridgehead atoms. The second kappa shape index (κ2) is 12.2. The SMILES string of the molecule is CCNC(=NCC(C)(C)SC)NCCCCN(CC)CC. The smallest absolute Gasteiger partial charge is 0.191 e. The van der Waals surface area contributed by atoms with Crippen LogP contribution in [0.5, 0.6) is 0 Å². The van der Waals surface area contributed by atoms with E-state index < -0.39 is 0 Å². The van der Waals surface area contributed by atoms with E-state index in [0.29, 0.717) is 0 Å². The number of rotatable bonds is 11. The van der Waals surface area contributed by atoms with Crippen molar-refractivity contribution in [3.63, 3.8) is 0 Å². The fourth-order valence-corrected chi connectivity index (χ4v) is 2.08. The van der Waals surface area contributed by atoms with E-state index >= 15 is 0 Å². The zero-order valence-electron chi connectivity index (χ0n) is 15.0. The van der Waals surface area contributed by atoms with Crippen molar-refractivity contribution in [3.05, 3.63) is 0 Å². The van der Waals surface area contributed by atoms with E-state index in [0.717, 1.165) is 38.7 Å². The molecule has 0 aliphatic carbocycles. The second-order valence-electron chi connectivity index (χ2n) is 5.82. The summed E-state index contributed by atoms with van der Waals surface area (Å²) in [6.07, 6.45) is 4.57. The number of hydrogen-bond donors (Lipinski definition) is 2. The summed E-state index contributed by atoms with van der Waals surface area (Å²) >= 11 is 1.86. The lowest BCUT2D eigenvalue weighted by Crippen LogP contribution is -2.39. The number of nitrogens with zero attached hydrogens (tertiary/aromatic N) is 2. The Hall–Kier alpha value is -0.420. The summed E-state index contributed by atoms with van der Waals surface area (Å²) in [4.78, 5) is 7.16. The number of hydrogen-bond acceptors (Lipinski definition) is 3. The molecular weight excluding hydrogens is 280 g/mol. The highest BCUT2D eigenvalue weighted by Crippen LogP contribution is 2.20. The molecule has 21 heavy (non-hydrogen) atoms. The van der Waals surface area contributed by atoms with Crippen LogP contribution in [0, 0.1) is 0 Å². The van der Waals surface area contributed by atoms with E-state index in [1.165, 1.54) is 19.4 Å². The van der Waals surface area contributed by atoms with E-state index in [9.17, 15) is 0 Å². The van der Waals surface area contributed by atoms with Crippen LogP contribution in [0.15, 0.2) is 4.99 Å². The third-order valence-electron chi connectivity index (χ3n) is 3.60. The third kappa shape index (κ3) is 10.9. The fraction of sp³-hybridized carbons (Fsp3) is 0.938. The molecule has 5 heteroatoms. The molecule has 0 amide bonds. The Morgan fingerprint density at radius 1 is 1.10 bits per heavy atom. The molecule has 2 N–H and O–H groups in total. The van der Waals surface area contributed by atoms with Crippen molar-refractivity contribution in [2.45, 2.75) is 52.2 Å². The van der Waals surface area contributed by atoms with Crippen molar-refractivity contribution >= 4 is 17.7 Å². The first-order valence-electron chi connectivity index (χ1n) is 8.28. The lowest BCUT2D eigenvalue weighted by atomic mass is 10.2. The summed E-state index contributed by atoms with van der Waals surface area (Å²) < 4.78 is 0.200. The normalized spacial score (nSPS) is 12.8. The van der Waals surface area contributed by atoms with Crippen LogP contribution in [0.4, 0.5) is 0 Å². The molecule has 0 unspecified atom stereocenters. The molecule has 0 saturated carbocycles. The van der Waals surface area contributed by atoms with Crippen molar-refractivity contribution in [1.29, 1.82) is 0 Å². The molecule has 0 aromatic rings. The maximum atomic E-state index is 4.68. The highest BCUT2D eigenvalue weighted by atomic mass is 32.2. The topological polar surface area (TPSA) is 39.7 Å². The van der Waals surface area contributed by atoms with Crippen LogP contribution in [-0.2, 0) is 0 Å². The van der Waals surface area contributed by atoms with Crippen LogP contribution >= 0.6 is 11.8 Å². The third-order valence-corrected chi connectivity index (χ3v) is 4.84. The van der Waals surface area contributed by atoms with Gasteiger partial charge in [0.1, 0.15) is 0 Å². The number of aliphatic imine (C=N–C) groups is 1. The van der Waals surface area contributed by atoms with Gasteiger partial charge in [0.05, 0.1) is 6.54 Å². The van der Waals surface area contributed by atoms with Crippen LogP contribution in [0.25, 0.3) is 0 Å². The number of thioether (sulfide) groups is 1. The summed E-state index contributed by atoms with van der Waals surface area (Å²) in [5, 5.41) is 6.76. The highest BCUT2D eigenvalue weighted by molar-refractivity contribution is 7.99. The molecule has 0 atom stereocenters. The van der Waals surface area contributed by atoms with Gasteiger partial charge in [-0.15, -0.1) is 0 Å². The predicted octanol–water partition coefficient (Wildman–Crippen LogP) is 2.81. The molecule has 0 radical (unpaired) electrons. The molecule has 0 aliphatic heterocycles. The molecule has 0 fully saturated rings. The van der Waals surface area contributed by atoms with Gasteiger partial charge in [-0.2, -0.15) is 11.8 Å². The van der Waals surface area contributed by atoms with Gasteiger partial charge in [-0.05, 0) is 59.5 Å². The molecule has 0 aromatic carbocycles. The van der Waals surface area contributed by atoms with Gasteiger partial charge in [0.25, 0.3) is 0 Å². The van der Waals surface area contributed by atoms with Crippen LogP contribution in [0.3, 0.4) is 0 Å². The molecule has 0 heterocycles. The molecule has 0 spiro atoms. The van der Waals surface area contributed by atoms with Crippen LogP contribution < -0.4 is 10.6 Å². The van der Waals surface area contributed by atoms with Crippen LogP contribution in [0.1, 0.15) is 47.5 Å². The first kappa shape index (κ1) is 20.6. The van der Waals surface area contributed by atoms with Crippen LogP contribution in [0.2, 0.25) is 0 Å². The van der Waals surface area contributed by atoms with E-state index in [2.05, 4.69) is 61.4 Å². The zero-order chi connectivity index (χ0) is 16.1. The predicted molar refractivity (Wildman–Crippen MR) is 98.6 cm³/mol. The van der Waals surface area contributed by atoms with Crippen molar-refractivity contribution in [1.82, 2.24) is 15.5 Å². The minimum absolute atomic E-state index is 0.200. The first-order chi connectivity index (χ1) is 9.99. The number of guanidine groups is 1. The lowest BCUT2D eigenvalue weighted by Gasteiger charge is -2.20. The minimum Gasteiger partial charge on any atom is -0.357 e. The summed E-state index contributed by atoms with van der Waals surface area (Å²) in [6, 6.07) is 0. The lowest BCUT2D eigenvalue weighted by molar-refractivity contribution is 0.297.